The number of hydrogen-bond donors (Lipinski definition) is 1. The molecule has 0 atom stereocenters. The number of anilines is 1. The van der Waals surface area contributed by atoms with Gasteiger partial charge in [0, 0.05) is 30.9 Å². The second-order valence-corrected chi connectivity index (χ2v) is 9.98. The predicted octanol–water partition coefficient (Wildman–Crippen LogP) is 7.64. The smallest absolute Gasteiger partial charge is 0.417 e. The molecule has 0 bridgehead atoms. The molecule has 0 saturated carbocycles. The zero-order chi connectivity index (χ0) is 30.5. The molecule has 0 aliphatic carbocycles. The van der Waals surface area contributed by atoms with Gasteiger partial charge in [0.05, 0.1) is 41.2 Å². The molecule has 0 saturated heterocycles. The highest BCUT2D eigenvalue weighted by Crippen LogP contribution is 2.41. The van der Waals surface area contributed by atoms with E-state index in [2.05, 4.69) is 10.3 Å². The molecule has 0 fully saturated rings. The molecule has 6 nitrogen and oxygen atoms in total. The fourth-order valence-electron chi connectivity index (χ4n) is 5.14. The molecule has 1 N–H and O–H groups in total. The lowest BCUT2D eigenvalue weighted by Crippen LogP contribution is -2.10. The molecule has 6 rings (SSSR count). The van der Waals surface area contributed by atoms with Crippen LogP contribution in [0.15, 0.2) is 85.3 Å². The van der Waals surface area contributed by atoms with Gasteiger partial charge >= 0.3 is 6.18 Å². The van der Waals surface area contributed by atoms with E-state index >= 15 is 8.78 Å². The maximum Gasteiger partial charge on any atom is 0.417 e. The normalized spacial score (nSPS) is 11.8. The molecule has 0 aliphatic rings. The average Bonchev–Trinajstić information content (AvgIpc) is 3.58. The maximum absolute atomic E-state index is 15.0. The number of fused-ring (bicyclic) bond motifs is 2. The fraction of sp³-hybridized carbons (Fsp3) is 0.125. The van der Waals surface area contributed by atoms with Gasteiger partial charge in [-0.1, -0.05) is 18.2 Å². The molecule has 11 heteroatoms. The SMILES string of the molecule is COc1ccc(CNc2c(F)cc(C(=O)c3ccc4c(-c5cc6ncn(C)c6cc5C(F)(F)F)cccn34)cc2F)cc1. The quantitative estimate of drug-likeness (QED) is 0.153. The number of benzene rings is 3. The molecule has 3 aromatic carbocycles. The topological polar surface area (TPSA) is 60.6 Å². The Morgan fingerprint density at radius 3 is 2.33 bits per heavy atom. The number of nitrogens with one attached hydrogen (secondary N) is 1. The summed E-state index contributed by atoms with van der Waals surface area (Å²) in [7, 11) is 3.14. The summed E-state index contributed by atoms with van der Waals surface area (Å²) in [5.74, 6) is -1.98. The van der Waals surface area contributed by atoms with Crippen LogP contribution in [0.2, 0.25) is 0 Å². The number of ketones is 1. The molecular formula is C32H23F5N4O2. The lowest BCUT2D eigenvalue weighted by molar-refractivity contribution is -0.137. The van der Waals surface area contributed by atoms with Gasteiger partial charge in [-0.05, 0) is 65.7 Å². The van der Waals surface area contributed by atoms with Crippen LogP contribution in [-0.4, -0.2) is 26.8 Å². The van der Waals surface area contributed by atoms with Crippen molar-refractivity contribution in [1.82, 2.24) is 14.0 Å². The number of aromatic nitrogens is 3. The van der Waals surface area contributed by atoms with Crippen LogP contribution < -0.4 is 10.1 Å². The summed E-state index contributed by atoms with van der Waals surface area (Å²) in [4.78, 5) is 17.6. The first-order valence-electron chi connectivity index (χ1n) is 13.1. The highest BCUT2D eigenvalue weighted by atomic mass is 19.4. The lowest BCUT2D eigenvalue weighted by Gasteiger charge is -2.15. The Morgan fingerprint density at radius 2 is 1.65 bits per heavy atom. The van der Waals surface area contributed by atoms with E-state index in [4.69, 9.17) is 4.74 Å². The van der Waals surface area contributed by atoms with Crippen LogP contribution in [0.4, 0.5) is 27.6 Å². The minimum atomic E-state index is -4.66. The number of pyridine rings is 1. The Kier molecular flexibility index (Phi) is 6.87. The molecule has 0 unspecified atom stereocenters. The summed E-state index contributed by atoms with van der Waals surface area (Å²) in [6, 6.07) is 17.2. The van der Waals surface area contributed by atoms with Crippen molar-refractivity contribution in [1.29, 1.82) is 0 Å². The molecule has 6 aromatic rings. The van der Waals surface area contributed by atoms with Crippen LogP contribution in [-0.2, 0) is 19.8 Å². The largest absolute Gasteiger partial charge is 0.497 e. The number of halogens is 5. The first-order chi connectivity index (χ1) is 20.5. The summed E-state index contributed by atoms with van der Waals surface area (Å²) in [6.07, 6.45) is -1.72. The summed E-state index contributed by atoms with van der Waals surface area (Å²) in [6.45, 7) is 0.126. The predicted molar refractivity (Wildman–Crippen MR) is 152 cm³/mol. The van der Waals surface area contributed by atoms with Crippen LogP contribution in [0, 0.1) is 11.6 Å². The number of rotatable bonds is 7. The highest BCUT2D eigenvalue weighted by molar-refractivity contribution is 6.09. The van der Waals surface area contributed by atoms with Gasteiger partial charge in [-0.2, -0.15) is 13.2 Å². The molecule has 43 heavy (non-hydrogen) atoms. The van der Waals surface area contributed by atoms with Crippen molar-refractivity contribution >= 4 is 28.0 Å². The Balaban J connectivity index is 1.35. The van der Waals surface area contributed by atoms with E-state index in [9.17, 15) is 18.0 Å². The molecule has 0 aliphatic heterocycles. The number of alkyl halides is 3. The Bertz CT molecular complexity index is 1990. The number of imidazole rings is 1. The second kappa shape index (κ2) is 10.6. The molecule has 218 valence electrons. The summed E-state index contributed by atoms with van der Waals surface area (Å²) in [5.41, 5.74) is 0.414. The number of hydrogen-bond acceptors (Lipinski definition) is 4. The third kappa shape index (κ3) is 5.07. The zero-order valence-corrected chi connectivity index (χ0v) is 22.8. The summed E-state index contributed by atoms with van der Waals surface area (Å²) >= 11 is 0. The number of aryl methyl sites for hydroxylation is 1. The molecule has 0 spiro atoms. The van der Waals surface area contributed by atoms with E-state index < -0.39 is 29.2 Å². The van der Waals surface area contributed by atoms with Gasteiger partial charge in [-0.25, -0.2) is 13.8 Å². The third-order valence-electron chi connectivity index (χ3n) is 7.32. The van der Waals surface area contributed by atoms with Gasteiger partial charge in [0.1, 0.15) is 23.1 Å². The molecule has 3 aromatic heterocycles. The van der Waals surface area contributed by atoms with E-state index in [1.54, 1.807) is 31.3 Å². The van der Waals surface area contributed by atoms with Crippen molar-refractivity contribution in [3.8, 4) is 16.9 Å². The minimum absolute atomic E-state index is 0.0297. The molecular weight excluding hydrogens is 567 g/mol. The fourth-order valence-corrected chi connectivity index (χ4v) is 5.14. The molecule has 0 amide bonds. The van der Waals surface area contributed by atoms with Crippen LogP contribution in [0.25, 0.3) is 27.7 Å². The van der Waals surface area contributed by atoms with Crippen molar-refractivity contribution in [2.75, 3.05) is 12.4 Å². The standard InChI is InChI=1S/C32H23F5N4O2/c1-40-17-39-26-14-22(23(15-29(26)40)32(35,36)37)21-4-3-11-41-27(21)9-10-28(41)31(42)19-12-24(33)30(25(34)13-19)38-16-18-5-7-20(43-2)8-6-18/h3-15,17,38H,16H2,1-2H3. The van der Waals surface area contributed by atoms with Gasteiger partial charge in [0.25, 0.3) is 0 Å². The summed E-state index contributed by atoms with van der Waals surface area (Å²) < 4.78 is 80.6. The second-order valence-electron chi connectivity index (χ2n) is 9.98. The van der Waals surface area contributed by atoms with Crippen molar-refractivity contribution < 1.29 is 31.5 Å². The number of carbonyl (C=O) groups excluding carboxylic acids is 1. The van der Waals surface area contributed by atoms with Gasteiger partial charge in [0.2, 0.25) is 5.78 Å². The maximum atomic E-state index is 15.0. The van der Waals surface area contributed by atoms with Crippen LogP contribution in [0.1, 0.15) is 27.2 Å². The minimum Gasteiger partial charge on any atom is -0.497 e. The highest BCUT2D eigenvalue weighted by Gasteiger charge is 2.35. The van der Waals surface area contributed by atoms with E-state index in [1.807, 2.05) is 0 Å². The van der Waals surface area contributed by atoms with Crippen molar-refractivity contribution in [3.63, 3.8) is 0 Å². The van der Waals surface area contributed by atoms with Crippen molar-refractivity contribution in [3.05, 3.63) is 119 Å². The first-order valence-corrected chi connectivity index (χ1v) is 13.1. The first kappa shape index (κ1) is 28.0. The number of ether oxygens (including phenoxy) is 1. The molecule has 3 heterocycles. The van der Waals surface area contributed by atoms with Crippen LogP contribution >= 0.6 is 0 Å². The van der Waals surface area contributed by atoms with E-state index in [0.717, 1.165) is 23.8 Å². The van der Waals surface area contributed by atoms with Crippen molar-refractivity contribution in [2.24, 2.45) is 7.05 Å². The Labute approximate surface area is 242 Å². The van der Waals surface area contributed by atoms with Crippen LogP contribution in [0.3, 0.4) is 0 Å². The van der Waals surface area contributed by atoms with Crippen LogP contribution in [0.5, 0.6) is 5.75 Å². The Morgan fingerprint density at radius 1 is 0.930 bits per heavy atom. The van der Waals surface area contributed by atoms with E-state index in [1.165, 1.54) is 58.9 Å². The van der Waals surface area contributed by atoms with E-state index in [0.29, 0.717) is 22.3 Å². The molecule has 0 radical (unpaired) electrons. The van der Waals surface area contributed by atoms with Gasteiger partial charge < -0.3 is 19.0 Å². The zero-order valence-electron chi connectivity index (χ0n) is 22.8. The monoisotopic (exact) mass is 590 g/mol. The number of methoxy groups -OCH3 is 1. The average molecular weight is 591 g/mol. The van der Waals surface area contributed by atoms with Crippen molar-refractivity contribution in [2.45, 2.75) is 12.7 Å². The van der Waals surface area contributed by atoms with Gasteiger partial charge in [-0.3, -0.25) is 4.79 Å². The number of nitrogens with zero attached hydrogens (tertiary/aromatic N) is 3. The Hall–Kier alpha value is -5.19. The summed E-state index contributed by atoms with van der Waals surface area (Å²) in [5, 5.41) is 2.72. The lowest BCUT2D eigenvalue weighted by atomic mass is 9.98. The third-order valence-corrected chi connectivity index (χ3v) is 7.32. The van der Waals surface area contributed by atoms with E-state index in [-0.39, 0.29) is 34.6 Å². The number of carbonyl (C=O) groups is 1. The van der Waals surface area contributed by atoms with Gasteiger partial charge in [-0.15, -0.1) is 0 Å². The van der Waals surface area contributed by atoms with Gasteiger partial charge in [0.15, 0.2) is 0 Å².